The number of nitrogens with zero attached hydrogens (tertiary/aromatic N) is 3. The topological polar surface area (TPSA) is 104 Å². The molecule has 160 valence electrons. The molecule has 2 atom stereocenters. The zero-order chi connectivity index (χ0) is 21.5. The summed E-state index contributed by atoms with van der Waals surface area (Å²) in [5, 5.41) is 12.8. The molecule has 1 amide bonds. The minimum Gasteiger partial charge on any atom is -0.489 e. The number of hydrazine groups is 1. The Morgan fingerprint density at radius 2 is 2.00 bits per heavy atom. The molecule has 0 saturated carbocycles. The highest BCUT2D eigenvalue weighted by molar-refractivity contribution is 8.00. The maximum Gasteiger partial charge on any atom is 0.233 e. The van der Waals surface area contributed by atoms with Gasteiger partial charge in [-0.05, 0) is 43.3 Å². The summed E-state index contributed by atoms with van der Waals surface area (Å²) in [4.78, 5) is 13.2. The second-order valence-electron chi connectivity index (χ2n) is 6.41. The smallest absolute Gasteiger partial charge is 0.233 e. The number of carbonyl (C=O) groups excluding carboxylic acids is 1. The standard InChI is InChI=1S/C19H22Cl2N6O2S/c1-12(18(28)23-9-10-27-25-19(22)24-26-27)30-14-7-5-13(6-8-14)29-11-15-16(20)3-2-4-17(15)21/h2-8,12,19,25H,9-11,22H2,1H3,(H,23,28). The van der Waals surface area contributed by atoms with E-state index >= 15 is 0 Å². The maximum atomic E-state index is 12.3. The lowest BCUT2D eigenvalue weighted by Gasteiger charge is -2.16. The molecule has 4 N–H and O–H groups in total. The minimum absolute atomic E-state index is 0.0610. The first kappa shape index (κ1) is 22.6. The van der Waals surface area contributed by atoms with E-state index in [9.17, 15) is 4.79 Å². The summed E-state index contributed by atoms with van der Waals surface area (Å²) in [6.07, 6.45) is -0.524. The molecule has 0 aromatic heterocycles. The Bertz CT molecular complexity index is 879. The second-order valence-corrected chi connectivity index (χ2v) is 8.64. The molecule has 1 heterocycles. The zero-order valence-corrected chi connectivity index (χ0v) is 18.5. The molecule has 2 unspecified atom stereocenters. The van der Waals surface area contributed by atoms with Gasteiger partial charge in [0, 0.05) is 27.0 Å². The van der Waals surface area contributed by atoms with Crippen molar-refractivity contribution in [2.45, 2.75) is 30.0 Å². The van der Waals surface area contributed by atoms with Gasteiger partial charge in [-0.15, -0.1) is 16.9 Å². The summed E-state index contributed by atoms with van der Waals surface area (Å²) in [5.74, 6) is 0.632. The Hall–Kier alpha value is -2.04. The van der Waals surface area contributed by atoms with Crippen LogP contribution in [0.1, 0.15) is 12.5 Å². The molecule has 30 heavy (non-hydrogen) atoms. The lowest BCUT2D eigenvalue weighted by molar-refractivity contribution is -0.120. The van der Waals surface area contributed by atoms with Crippen molar-refractivity contribution in [1.29, 1.82) is 0 Å². The second kappa shape index (κ2) is 10.8. The number of rotatable bonds is 9. The van der Waals surface area contributed by atoms with E-state index in [-0.39, 0.29) is 17.8 Å². The monoisotopic (exact) mass is 468 g/mol. The third-order valence-corrected chi connectivity index (χ3v) is 5.96. The molecule has 3 rings (SSSR count). The van der Waals surface area contributed by atoms with Crippen LogP contribution in [0.4, 0.5) is 0 Å². The molecule has 0 saturated heterocycles. The first-order chi connectivity index (χ1) is 14.4. The highest BCUT2D eigenvalue weighted by Gasteiger charge is 2.16. The van der Waals surface area contributed by atoms with Gasteiger partial charge in [0.15, 0.2) is 6.29 Å². The molecule has 2 aromatic carbocycles. The number of benzene rings is 2. The molecule has 0 bridgehead atoms. The van der Waals surface area contributed by atoms with Crippen LogP contribution in [-0.2, 0) is 11.4 Å². The van der Waals surface area contributed by atoms with E-state index in [2.05, 4.69) is 21.1 Å². The summed E-state index contributed by atoms with van der Waals surface area (Å²) >= 11 is 13.8. The van der Waals surface area contributed by atoms with Crippen LogP contribution in [0.2, 0.25) is 10.0 Å². The van der Waals surface area contributed by atoms with E-state index in [4.69, 9.17) is 33.7 Å². The molecule has 1 aliphatic rings. The normalized spacial score (nSPS) is 16.5. The fraction of sp³-hybridized carbons (Fsp3) is 0.316. The predicted octanol–water partition coefficient (Wildman–Crippen LogP) is 3.60. The van der Waals surface area contributed by atoms with Crippen LogP contribution < -0.4 is 21.2 Å². The Balaban J connectivity index is 1.43. The average Bonchev–Trinajstić information content (AvgIpc) is 3.13. The van der Waals surface area contributed by atoms with Crippen LogP contribution >= 0.6 is 35.0 Å². The zero-order valence-electron chi connectivity index (χ0n) is 16.2. The van der Waals surface area contributed by atoms with E-state index in [1.807, 2.05) is 31.2 Å². The van der Waals surface area contributed by atoms with Gasteiger partial charge in [-0.1, -0.05) is 34.5 Å². The fourth-order valence-electron chi connectivity index (χ4n) is 2.56. The largest absolute Gasteiger partial charge is 0.489 e. The Morgan fingerprint density at radius 3 is 2.63 bits per heavy atom. The molecular weight excluding hydrogens is 447 g/mol. The number of halogens is 2. The van der Waals surface area contributed by atoms with E-state index in [0.29, 0.717) is 28.9 Å². The number of thioether (sulfide) groups is 1. The molecule has 0 fully saturated rings. The van der Waals surface area contributed by atoms with Crippen molar-refractivity contribution >= 4 is 40.9 Å². The Kier molecular flexibility index (Phi) is 8.17. The van der Waals surface area contributed by atoms with Crippen LogP contribution in [-0.4, -0.2) is 35.7 Å². The molecule has 0 aliphatic carbocycles. The van der Waals surface area contributed by atoms with Crippen molar-refractivity contribution in [1.82, 2.24) is 15.9 Å². The van der Waals surface area contributed by atoms with Gasteiger partial charge in [0.1, 0.15) is 12.4 Å². The lowest BCUT2D eigenvalue weighted by Crippen LogP contribution is -2.44. The first-order valence-electron chi connectivity index (χ1n) is 9.22. The van der Waals surface area contributed by atoms with Gasteiger partial charge in [0.2, 0.25) is 5.91 Å². The van der Waals surface area contributed by atoms with Gasteiger partial charge in [0.25, 0.3) is 0 Å². The number of hydrogen-bond acceptors (Lipinski definition) is 8. The summed E-state index contributed by atoms with van der Waals surface area (Å²) in [6.45, 7) is 3.04. The van der Waals surface area contributed by atoms with Crippen molar-refractivity contribution in [2.75, 3.05) is 13.1 Å². The maximum absolute atomic E-state index is 12.3. The van der Waals surface area contributed by atoms with Gasteiger partial charge in [0.05, 0.1) is 11.8 Å². The van der Waals surface area contributed by atoms with E-state index in [1.54, 1.807) is 18.2 Å². The fourth-order valence-corrected chi connectivity index (χ4v) is 3.96. The molecule has 0 radical (unpaired) electrons. The van der Waals surface area contributed by atoms with Crippen molar-refractivity contribution in [2.24, 2.45) is 16.1 Å². The van der Waals surface area contributed by atoms with Gasteiger partial charge in [-0.25, -0.2) is 5.12 Å². The summed E-state index contributed by atoms with van der Waals surface area (Å²) in [5.41, 5.74) is 9.11. The molecule has 1 aliphatic heterocycles. The molecule has 11 heteroatoms. The molecular formula is C19H22Cl2N6O2S. The van der Waals surface area contributed by atoms with Crippen LogP contribution in [0, 0.1) is 0 Å². The van der Waals surface area contributed by atoms with Gasteiger partial charge >= 0.3 is 0 Å². The third kappa shape index (κ3) is 6.48. The summed E-state index contributed by atoms with van der Waals surface area (Å²) in [6, 6.07) is 12.9. The Morgan fingerprint density at radius 1 is 1.30 bits per heavy atom. The number of nitrogens with one attached hydrogen (secondary N) is 2. The number of amides is 1. The average molecular weight is 469 g/mol. The lowest BCUT2D eigenvalue weighted by atomic mass is 10.2. The molecule has 8 nitrogen and oxygen atoms in total. The van der Waals surface area contributed by atoms with Crippen molar-refractivity contribution in [3.05, 3.63) is 58.1 Å². The van der Waals surface area contributed by atoms with Gasteiger partial charge < -0.3 is 10.1 Å². The molecule has 2 aromatic rings. The predicted molar refractivity (Wildman–Crippen MR) is 118 cm³/mol. The third-order valence-electron chi connectivity index (χ3n) is 4.14. The van der Waals surface area contributed by atoms with E-state index in [1.165, 1.54) is 16.9 Å². The van der Waals surface area contributed by atoms with Crippen LogP contribution in [0.25, 0.3) is 0 Å². The quantitative estimate of drug-likeness (QED) is 0.485. The number of nitrogens with two attached hydrogens (primary N) is 1. The highest BCUT2D eigenvalue weighted by Crippen LogP contribution is 2.28. The van der Waals surface area contributed by atoms with Crippen molar-refractivity contribution < 1.29 is 9.53 Å². The van der Waals surface area contributed by atoms with Gasteiger partial charge in [-0.3, -0.25) is 10.5 Å². The van der Waals surface area contributed by atoms with Crippen molar-refractivity contribution in [3.63, 3.8) is 0 Å². The number of hydrogen-bond donors (Lipinski definition) is 3. The van der Waals surface area contributed by atoms with Crippen LogP contribution in [0.15, 0.2) is 57.7 Å². The summed E-state index contributed by atoms with van der Waals surface area (Å²) < 4.78 is 5.78. The van der Waals surface area contributed by atoms with Crippen molar-refractivity contribution in [3.8, 4) is 5.75 Å². The van der Waals surface area contributed by atoms with Crippen LogP contribution in [0.5, 0.6) is 5.75 Å². The highest BCUT2D eigenvalue weighted by atomic mass is 35.5. The minimum atomic E-state index is -0.524. The number of carbonyl (C=O) groups is 1. The molecule has 0 spiro atoms. The first-order valence-corrected chi connectivity index (χ1v) is 10.9. The van der Waals surface area contributed by atoms with E-state index < -0.39 is 6.29 Å². The Labute approximate surface area is 189 Å². The van der Waals surface area contributed by atoms with Crippen LogP contribution in [0.3, 0.4) is 0 Å². The van der Waals surface area contributed by atoms with Gasteiger partial charge in [-0.2, -0.15) is 5.43 Å². The summed E-state index contributed by atoms with van der Waals surface area (Å²) in [7, 11) is 0. The SMILES string of the molecule is CC(Sc1ccc(OCc2c(Cl)cccc2Cl)cc1)C(=O)NCCN1N=NC(N)N1. The van der Waals surface area contributed by atoms with E-state index in [0.717, 1.165) is 10.5 Å². The number of ether oxygens (including phenoxy) is 1.